The fourth-order valence-electron chi connectivity index (χ4n) is 2.64. The molecular weight excluding hydrogens is 202 g/mol. The molecule has 0 radical (unpaired) electrons. The quantitative estimate of drug-likeness (QED) is 0.727. The summed E-state index contributed by atoms with van der Waals surface area (Å²) in [6, 6.07) is 0. The van der Waals surface area contributed by atoms with Crippen molar-refractivity contribution >= 4 is 5.91 Å². The standard InChI is InChI=1S/C12H23N3O/c1-15-7-2-4-10(9-15)8-14-11(16)12(13)5-3-6-12/h10H,2-9,13H2,1H3,(H,14,16). The zero-order chi connectivity index (χ0) is 11.6. The lowest BCUT2D eigenvalue weighted by atomic mass is 9.77. The van der Waals surface area contributed by atoms with Gasteiger partial charge in [-0.3, -0.25) is 4.79 Å². The minimum Gasteiger partial charge on any atom is -0.354 e. The highest BCUT2D eigenvalue weighted by Gasteiger charge is 2.40. The molecule has 0 aromatic heterocycles. The highest BCUT2D eigenvalue weighted by atomic mass is 16.2. The van der Waals surface area contributed by atoms with Crippen molar-refractivity contribution in [2.75, 3.05) is 26.7 Å². The van der Waals surface area contributed by atoms with E-state index in [1.54, 1.807) is 0 Å². The van der Waals surface area contributed by atoms with Gasteiger partial charge in [0.1, 0.15) is 0 Å². The summed E-state index contributed by atoms with van der Waals surface area (Å²) in [5.41, 5.74) is 5.43. The van der Waals surface area contributed by atoms with Crippen LogP contribution in [0.4, 0.5) is 0 Å². The Hall–Kier alpha value is -0.610. The van der Waals surface area contributed by atoms with E-state index in [0.717, 1.165) is 32.4 Å². The van der Waals surface area contributed by atoms with Crippen LogP contribution in [-0.2, 0) is 4.79 Å². The molecule has 0 bridgehead atoms. The number of likely N-dealkylation sites (tertiary alicyclic amines) is 1. The lowest BCUT2D eigenvalue weighted by molar-refractivity contribution is -0.129. The summed E-state index contributed by atoms with van der Waals surface area (Å²) >= 11 is 0. The average Bonchev–Trinajstić information content (AvgIpc) is 2.22. The molecule has 2 aliphatic rings. The van der Waals surface area contributed by atoms with Crippen molar-refractivity contribution in [1.29, 1.82) is 0 Å². The minimum atomic E-state index is -0.541. The first-order valence-electron chi connectivity index (χ1n) is 6.36. The van der Waals surface area contributed by atoms with Gasteiger partial charge in [0.2, 0.25) is 5.91 Å². The van der Waals surface area contributed by atoms with Gasteiger partial charge in [0.15, 0.2) is 0 Å². The van der Waals surface area contributed by atoms with Crippen molar-refractivity contribution in [2.45, 2.75) is 37.6 Å². The molecule has 92 valence electrons. The normalized spacial score (nSPS) is 29.5. The number of nitrogens with one attached hydrogen (secondary N) is 1. The van der Waals surface area contributed by atoms with E-state index < -0.39 is 5.54 Å². The predicted molar refractivity (Wildman–Crippen MR) is 64.0 cm³/mol. The molecule has 0 spiro atoms. The van der Waals surface area contributed by atoms with Crippen molar-refractivity contribution in [3.05, 3.63) is 0 Å². The molecule has 16 heavy (non-hydrogen) atoms. The van der Waals surface area contributed by atoms with Gasteiger partial charge in [-0.1, -0.05) is 0 Å². The van der Waals surface area contributed by atoms with Gasteiger partial charge >= 0.3 is 0 Å². The maximum absolute atomic E-state index is 11.8. The Bertz CT molecular complexity index is 263. The summed E-state index contributed by atoms with van der Waals surface area (Å²) < 4.78 is 0. The maximum Gasteiger partial charge on any atom is 0.240 e. The Morgan fingerprint density at radius 1 is 1.50 bits per heavy atom. The number of hydrogen-bond acceptors (Lipinski definition) is 3. The van der Waals surface area contributed by atoms with Crippen LogP contribution in [-0.4, -0.2) is 43.0 Å². The van der Waals surface area contributed by atoms with E-state index in [0.29, 0.717) is 5.92 Å². The maximum atomic E-state index is 11.8. The second-order valence-electron chi connectivity index (χ2n) is 5.49. The Balaban J connectivity index is 1.72. The third-order valence-corrected chi connectivity index (χ3v) is 3.97. The molecule has 1 amide bonds. The third-order valence-electron chi connectivity index (χ3n) is 3.97. The average molecular weight is 225 g/mol. The summed E-state index contributed by atoms with van der Waals surface area (Å²) in [5.74, 6) is 0.665. The largest absolute Gasteiger partial charge is 0.354 e. The van der Waals surface area contributed by atoms with E-state index in [-0.39, 0.29) is 5.91 Å². The van der Waals surface area contributed by atoms with E-state index >= 15 is 0 Å². The van der Waals surface area contributed by atoms with Crippen LogP contribution in [0.25, 0.3) is 0 Å². The number of nitrogens with zero attached hydrogens (tertiary/aromatic N) is 1. The van der Waals surface area contributed by atoms with Crippen LogP contribution in [0.2, 0.25) is 0 Å². The zero-order valence-electron chi connectivity index (χ0n) is 10.2. The number of carbonyl (C=O) groups is 1. The van der Waals surface area contributed by atoms with Crippen LogP contribution in [0.3, 0.4) is 0 Å². The van der Waals surface area contributed by atoms with Crippen LogP contribution in [0.1, 0.15) is 32.1 Å². The van der Waals surface area contributed by atoms with Gasteiger partial charge in [0.25, 0.3) is 0 Å². The number of hydrogen-bond donors (Lipinski definition) is 2. The number of rotatable bonds is 3. The molecule has 0 aromatic rings. The lowest BCUT2D eigenvalue weighted by Crippen LogP contribution is -2.59. The summed E-state index contributed by atoms with van der Waals surface area (Å²) in [7, 11) is 2.14. The molecule has 1 unspecified atom stereocenters. The number of nitrogens with two attached hydrogens (primary N) is 1. The molecule has 4 heteroatoms. The highest BCUT2D eigenvalue weighted by molar-refractivity contribution is 5.86. The lowest BCUT2D eigenvalue weighted by Gasteiger charge is -2.37. The van der Waals surface area contributed by atoms with Gasteiger partial charge in [-0.2, -0.15) is 0 Å². The van der Waals surface area contributed by atoms with Gasteiger partial charge in [-0.15, -0.1) is 0 Å². The van der Waals surface area contributed by atoms with Gasteiger partial charge < -0.3 is 16.0 Å². The molecule has 1 atom stereocenters. The Kier molecular flexibility index (Phi) is 3.50. The van der Waals surface area contributed by atoms with Crippen molar-refractivity contribution in [1.82, 2.24) is 10.2 Å². The zero-order valence-corrected chi connectivity index (χ0v) is 10.2. The summed E-state index contributed by atoms with van der Waals surface area (Å²) in [4.78, 5) is 14.2. The molecule has 0 aromatic carbocycles. The van der Waals surface area contributed by atoms with Crippen molar-refractivity contribution in [3.8, 4) is 0 Å². The van der Waals surface area contributed by atoms with E-state index in [4.69, 9.17) is 5.73 Å². The number of amides is 1. The van der Waals surface area contributed by atoms with Crippen LogP contribution < -0.4 is 11.1 Å². The topological polar surface area (TPSA) is 58.4 Å². The molecule has 1 aliphatic heterocycles. The van der Waals surface area contributed by atoms with Crippen molar-refractivity contribution < 1.29 is 4.79 Å². The number of carbonyl (C=O) groups excluding carboxylic acids is 1. The summed E-state index contributed by atoms with van der Waals surface area (Å²) in [6.07, 6.45) is 5.26. The molecule has 4 nitrogen and oxygen atoms in total. The first-order chi connectivity index (χ1) is 7.60. The Morgan fingerprint density at radius 2 is 2.25 bits per heavy atom. The van der Waals surface area contributed by atoms with E-state index in [1.165, 1.54) is 19.4 Å². The van der Waals surface area contributed by atoms with Crippen LogP contribution >= 0.6 is 0 Å². The monoisotopic (exact) mass is 225 g/mol. The van der Waals surface area contributed by atoms with Gasteiger partial charge in [0.05, 0.1) is 5.54 Å². The second-order valence-corrected chi connectivity index (χ2v) is 5.49. The first kappa shape index (κ1) is 11.9. The fourth-order valence-corrected chi connectivity index (χ4v) is 2.64. The molecule has 1 saturated heterocycles. The van der Waals surface area contributed by atoms with Crippen LogP contribution in [0.5, 0.6) is 0 Å². The first-order valence-corrected chi connectivity index (χ1v) is 6.36. The summed E-state index contributed by atoms with van der Waals surface area (Å²) in [5, 5.41) is 3.02. The highest BCUT2D eigenvalue weighted by Crippen LogP contribution is 2.29. The van der Waals surface area contributed by atoms with Gasteiger partial charge in [-0.05, 0) is 51.6 Å². The number of piperidine rings is 1. The smallest absolute Gasteiger partial charge is 0.240 e. The minimum absolute atomic E-state index is 0.0620. The summed E-state index contributed by atoms with van der Waals surface area (Å²) in [6.45, 7) is 3.07. The molecule has 1 saturated carbocycles. The molecule has 2 fully saturated rings. The Morgan fingerprint density at radius 3 is 2.81 bits per heavy atom. The SMILES string of the molecule is CN1CCCC(CNC(=O)C2(N)CCC2)C1. The van der Waals surface area contributed by atoms with E-state index in [1.807, 2.05) is 0 Å². The molecule has 1 heterocycles. The predicted octanol–water partition coefficient (Wildman–Crippen LogP) is 0.326. The van der Waals surface area contributed by atoms with E-state index in [2.05, 4.69) is 17.3 Å². The van der Waals surface area contributed by atoms with E-state index in [9.17, 15) is 4.79 Å². The van der Waals surface area contributed by atoms with Gasteiger partial charge in [0, 0.05) is 13.1 Å². The van der Waals surface area contributed by atoms with Crippen LogP contribution in [0.15, 0.2) is 0 Å². The molecule has 2 rings (SSSR count). The van der Waals surface area contributed by atoms with Crippen molar-refractivity contribution in [2.24, 2.45) is 11.7 Å². The fraction of sp³-hybridized carbons (Fsp3) is 0.917. The Labute approximate surface area is 97.6 Å². The van der Waals surface area contributed by atoms with Crippen molar-refractivity contribution in [3.63, 3.8) is 0 Å². The molecule has 1 aliphatic carbocycles. The molecule has 3 N–H and O–H groups in total. The van der Waals surface area contributed by atoms with Crippen LogP contribution in [0, 0.1) is 5.92 Å². The third kappa shape index (κ3) is 2.55. The second kappa shape index (κ2) is 4.72. The van der Waals surface area contributed by atoms with Gasteiger partial charge in [-0.25, -0.2) is 0 Å². The molecular formula is C12H23N3O.